The van der Waals surface area contributed by atoms with Crippen LogP contribution in [0.5, 0.6) is 5.75 Å². The lowest BCUT2D eigenvalue weighted by atomic mass is 10.1. The van der Waals surface area contributed by atoms with Crippen molar-refractivity contribution in [1.29, 1.82) is 0 Å². The average molecular weight is 275 g/mol. The molecule has 2 atom stereocenters. The molecule has 1 aliphatic rings. The third-order valence-electron chi connectivity index (χ3n) is 3.31. The first kappa shape index (κ1) is 13.1. The van der Waals surface area contributed by atoms with E-state index in [4.69, 9.17) is 14.2 Å². The van der Waals surface area contributed by atoms with E-state index in [2.05, 4.69) is 10.1 Å². The Balaban J connectivity index is 1.92. The highest BCUT2D eigenvalue weighted by atomic mass is 16.7. The van der Waals surface area contributed by atoms with Gasteiger partial charge in [0.25, 0.3) is 0 Å². The van der Waals surface area contributed by atoms with Gasteiger partial charge in [0.2, 0.25) is 5.79 Å². The fourth-order valence-corrected chi connectivity index (χ4v) is 2.34. The van der Waals surface area contributed by atoms with E-state index in [1.165, 1.54) is 6.33 Å². The SMILES string of the molecule is COc1ccc([C@]2(Cn3cncn3)OC[C@H](C)O2)cc1. The molecule has 0 aliphatic carbocycles. The molecule has 0 bridgehead atoms. The topological polar surface area (TPSA) is 58.4 Å². The third-order valence-corrected chi connectivity index (χ3v) is 3.31. The van der Waals surface area contributed by atoms with Crippen LogP contribution in [0.4, 0.5) is 0 Å². The van der Waals surface area contributed by atoms with Gasteiger partial charge in [0.05, 0.1) is 19.8 Å². The molecule has 0 saturated carbocycles. The third kappa shape index (κ3) is 2.39. The van der Waals surface area contributed by atoms with Crippen LogP contribution >= 0.6 is 0 Å². The van der Waals surface area contributed by atoms with Crippen molar-refractivity contribution in [3.05, 3.63) is 42.5 Å². The maximum absolute atomic E-state index is 6.03. The molecular formula is C14H17N3O3. The Morgan fingerprint density at radius 1 is 1.40 bits per heavy atom. The van der Waals surface area contributed by atoms with E-state index in [1.54, 1.807) is 18.1 Å². The number of nitrogens with zero attached hydrogens (tertiary/aromatic N) is 3. The molecule has 0 unspecified atom stereocenters. The van der Waals surface area contributed by atoms with Gasteiger partial charge in [-0.1, -0.05) is 0 Å². The number of methoxy groups -OCH3 is 1. The van der Waals surface area contributed by atoms with E-state index in [1.807, 2.05) is 31.2 Å². The van der Waals surface area contributed by atoms with Crippen LogP contribution in [0.3, 0.4) is 0 Å². The molecule has 0 N–H and O–H groups in total. The van der Waals surface area contributed by atoms with Crippen LogP contribution < -0.4 is 4.74 Å². The summed E-state index contributed by atoms with van der Waals surface area (Å²) < 4.78 is 18.9. The van der Waals surface area contributed by atoms with Crippen molar-refractivity contribution in [2.75, 3.05) is 13.7 Å². The summed E-state index contributed by atoms with van der Waals surface area (Å²) in [5.41, 5.74) is 0.943. The smallest absolute Gasteiger partial charge is 0.215 e. The molecular weight excluding hydrogens is 258 g/mol. The Labute approximate surface area is 117 Å². The van der Waals surface area contributed by atoms with Crippen molar-refractivity contribution < 1.29 is 14.2 Å². The van der Waals surface area contributed by atoms with Crippen molar-refractivity contribution in [2.24, 2.45) is 0 Å². The molecule has 1 saturated heterocycles. The first-order valence-corrected chi connectivity index (χ1v) is 6.50. The summed E-state index contributed by atoms with van der Waals surface area (Å²) in [6.07, 6.45) is 3.20. The van der Waals surface area contributed by atoms with E-state index < -0.39 is 5.79 Å². The highest BCUT2D eigenvalue weighted by molar-refractivity contribution is 5.30. The number of benzene rings is 1. The zero-order valence-corrected chi connectivity index (χ0v) is 11.5. The monoisotopic (exact) mass is 275 g/mol. The zero-order valence-electron chi connectivity index (χ0n) is 11.5. The lowest BCUT2D eigenvalue weighted by Crippen LogP contribution is -2.33. The van der Waals surface area contributed by atoms with Gasteiger partial charge in [-0.2, -0.15) is 5.10 Å². The number of hydrogen-bond donors (Lipinski definition) is 0. The molecule has 1 aliphatic heterocycles. The molecule has 106 valence electrons. The van der Waals surface area contributed by atoms with Crippen molar-refractivity contribution in [2.45, 2.75) is 25.4 Å². The quantitative estimate of drug-likeness (QED) is 0.847. The second kappa shape index (κ2) is 5.22. The van der Waals surface area contributed by atoms with E-state index in [-0.39, 0.29) is 6.10 Å². The molecule has 0 spiro atoms. The largest absolute Gasteiger partial charge is 0.497 e. The van der Waals surface area contributed by atoms with Crippen molar-refractivity contribution in [3.8, 4) is 5.75 Å². The van der Waals surface area contributed by atoms with Gasteiger partial charge in [-0.3, -0.25) is 0 Å². The molecule has 0 radical (unpaired) electrons. The molecule has 6 heteroatoms. The Morgan fingerprint density at radius 3 is 2.75 bits per heavy atom. The van der Waals surface area contributed by atoms with Crippen LogP contribution in [0, 0.1) is 0 Å². The molecule has 1 fully saturated rings. The average Bonchev–Trinajstić information content (AvgIpc) is 3.10. The number of ether oxygens (including phenoxy) is 3. The Morgan fingerprint density at radius 2 is 2.20 bits per heavy atom. The highest BCUT2D eigenvalue weighted by Gasteiger charge is 2.42. The molecule has 2 heterocycles. The molecule has 1 aromatic carbocycles. The number of aromatic nitrogens is 3. The minimum absolute atomic E-state index is 0.0422. The van der Waals surface area contributed by atoms with Gasteiger partial charge < -0.3 is 14.2 Å². The molecule has 2 aromatic rings. The fourth-order valence-electron chi connectivity index (χ4n) is 2.34. The standard InChI is InChI=1S/C14H17N3O3/c1-11-7-19-14(20-11,8-17-10-15-9-16-17)12-3-5-13(18-2)6-4-12/h3-6,9-11H,7-8H2,1-2H3/t11-,14+/m0/s1. The number of hydrogen-bond acceptors (Lipinski definition) is 5. The second-order valence-electron chi connectivity index (χ2n) is 4.81. The summed E-state index contributed by atoms with van der Waals surface area (Å²) in [6.45, 7) is 3.01. The summed E-state index contributed by atoms with van der Waals surface area (Å²) in [6, 6.07) is 7.70. The van der Waals surface area contributed by atoms with Gasteiger partial charge >= 0.3 is 0 Å². The highest BCUT2D eigenvalue weighted by Crippen LogP contribution is 2.36. The maximum atomic E-state index is 6.03. The molecule has 1 aromatic heterocycles. The van der Waals surface area contributed by atoms with Crippen molar-refractivity contribution in [1.82, 2.24) is 14.8 Å². The predicted molar refractivity (Wildman–Crippen MR) is 71.2 cm³/mol. The van der Waals surface area contributed by atoms with E-state index in [0.717, 1.165) is 11.3 Å². The van der Waals surface area contributed by atoms with Crippen LogP contribution in [-0.4, -0.2) is 34.6 Å². The van der Waals surface area contributed by atoms with Crippen LogP contribution in [0.1, 0.15) is 12.5 Å². The minimum Gasteiger partial charge on any atom is -0.497 e. The lowest BCUT2D eigenvalue weighted by molar-refractivity contribution is -0.186. The summed E-state index contributed by atoms with van der Waals surface area (Å²) in [5, 5.41) is 4.13. The Kier molecular flexibility index (Phi) is 3.42. The lowest BCUT2D eigenvalue weighted by Gasteiger charge is -2.28. The predicted octanol–water partition coefficient (Wildman–Crippen LogP) is 1.57. The molecule has 20 heavy (non-hydrogen) atoms. The summed E-state index contributed by atoms with van der Waals surface area (Å²) >= 11 is 0. The van der Waals surface area contributed by atoms with Crippen LogP contribution in [0.25, 0.3) is 0 Å². The molecule has 0 amide bonds. The van der Waals surface area contributed by atoms with Crippen molar-refractivity contribution >= 4 is 0 Å². The van der Waals surface area contributed by atoms with Gasteiger partial charge in [-0.05, 0) is 31.2 Å². The maximum Gasteiger partial charge on any atom is 0.215 e. The van der Waals surface area contributed by atoms with Crippen LogP contribution in [0.2, 0.25) is 0 Å². The summed E-state index contributed by atoms with van der Waals surface area (Å²) in [7, 11) is 1.64. The van der Waals surface area contributed by atoms with E-state index in [0.29, 0.717) is 13.2 Å². The van der Waals surface area contributed by atoms with E-state index in [9.17, 15) is 0 Å². The first-order chi connectivity index (χ1) is 9.72. The normalized spacial score (nSPS) is 25.8. The fraction of sp³-hybridized carbons (Fsp3) is 0.429. The molecule has 6 nitrogen and oxygen atoms in total. The van der Waals surface area contributed by atoms with E-state index >= 15 is 0 Å². The van der Waals surface area contributed by atoms with Gasteiger partial charge in [-0.25, -0.2) is 9.67 Å². The van der Waals surface area contributed by atoms with Gasteiger partial charge in [-0.15, -0.1) is 0 Å². The second-order valence-corrected chi connectivity index (χ2v) is 4.81. The molecule has 3 rings (SSSR count). The van der Waals surface area contributed by atoms with Gasteiger partial charge in [0, 0.05) is 5.56 Å². The van der Waals surface area contributed by atoms with Gasteiger partial charge in [0.1, 0.15) is 24.9 Å². The van der Waals surface area contributed by atoms with Crippen molar-refractivity contribution in [3.63, 3.8) is 0 Å². The summed E-state index contributed by atoms with van der Waals surface area (Å²) in [5.74, 6) is -0.0185. The Bertz CT molecular complexity index is 556. The van der Waals surface area contributed by atoms with Crippen LogP contribution in [-0.2, 0) is 21.8 Å². The van der Waals surface area contributed by atoms with Gasteiger partial charge in [0.15, 0.2) is 0 Å². The summed E-state index contributed by atoms with van der Waals surface area (Å²) in [4.78, 5) is 3.96. The first-order valence-electron chi connectivity index (χ1n) is 6.50. The van der Waals surface area contributed by atoms with Crippen LogP contribution in [0.15, 0.2) is 36.9 Å². The zero-order chi connectivity index (χ0) is 14.0. The minimum atomic E-state index is -0.820. The Hall–Kier alpha value is -1.92. The number of rotatable bonds is 4.